The first-order valence-corrected chi connectivity index (χ1v) is 13.2. The van der Waals surface area contributed by atoms with Crippen LogP contribution in [0.15, 0.2) is 29.2 Å². The van der Waals surface area contributed by atoms with Crippen LogP contribution in [0.4, 0.5) is 5.69 Å². The van der Waals surface area contributed by atoms with E-state index in [4.69, 9.17) is 0 Å². The summed E-state index contributed by atoms with van der Waals surface area (Å²) >= 11 is 0. The van der Waals surface area contributed by atoms with Crippen LogP contribution in [-0.4, -0.2) is 63.3 Å². The van der Waals surface area contributed by atoms with Gasteiger partial charge in [-0.15, -0.1) is 0 Å². The first-order valence-electron chi connectivity index (χ1n) is 10.1. The Morgan fingerprint density at radius 3 is 2.28 bits per heavy atom. The Bertz CT molecular complexity index is 932. The molecule has 29 heavy (non-hydrogen) atoms. The second kappa shape index (κ2) is 9.11. The predicted octanol–water partition coefficient (Wildman–Crippen LogP) is 1.86. The van der Waals surface area contributed by atoms with E-state index in [9.17, 15) is 21.6 Å². The molecular formula is C19H29N3O5S2. The molecule has 0 bridgehead atoms. The number of carbonyl (C=O) groups excluding carboxylic acids is 1. The Labute approximate surface area is 173 Å². The van der Waals surface area contributed by atoms with Gasteiger partial charge in [-0.05, 0) is 50.8 Å². The number of hydrogen-bond donors (Lipinski definition) is 1. The Hall–Kier alpha value is -1.49. The summed E-state index contributed by atoms with van der Waals surface area (Å²) in [6, 6.07) is 6.35. The van der Waals surface area contributed by atoms with Crippen molar-refractivity contribution in [1.29, 1.82) is 0 Å². The first kappa shape index (κ1) is 22.2. The molecule has 1 aromatic rings. The van der Waals surface area contributed by atoms with Gasteiger partial charge in [0.2, 0.25) is 26.0 Å². The highest BCUT2D eigenvalue weighted by Crippen LogP contribution is 2.25. The molecule has 0 unspecified atom stereocenters. The Morgan fingerprint density at radius 2 is 1.66 bits per heavy atom. The van der Waals surface area contributed by atoms with E-state index in [-0.39, 0.29) is 22.5 Å². The van der Waals surface area contributed by atoms with Gasteiger partial charge in [0.1, 0.15) is 0 Å². The molecule has 10 heteroatoms. The molecule has 1 N–H and O–H groups in total. The van der Waals surface area contributed by atoms with Crippen molar-refractivity contribution in [1.82, 2.24) is 8.61 Å². The molecule has 2 fully saturated rings. The summed E-state index contributed by atoms with van der Waals surface area (Å²) in [6.07, 6.45) is 3.68. The molecule has 0 atom stereocenters. The third-order valence-corrected chi connectivity index (χ3v) is 9.41. The average Bonchev–Trinajstić information content (AvgIpc) is 2.74. The summed E-state index contributed by atoms with van der Waals surface area (Å²) in [6.45, 7) is 3.32. The van der Waals surface area contributed by atoms with Crippen molar-refractivity contribution in [2.24, 2.45) is 5.92 Å². The molecule has 2 heterocycles. The number of piperidine rings is 2. The maximum Gasteiger partial charge on any atom is 0.243 e. The van der Waals surface area contributed by atoms with Crippen LogP contribution >= 0.6 is 0 Å². The average molecular weight is 444 g/mol. The zero-order valence-corrected chi connectivity index (χ0v) is 18.3. The van der Waals surface area contributed by atoms with Crippen LogP contribution in [0, 0.1) is 5.92 Å². The monoisotopic (exact) mass is 443 g/mol. The van der Waals surface area contributed by atoms with E-state index < -0.39 is 20.0 Å². The molecular weight excluding hydrogens is 414 g/mol. The fraction of sp³-hybridized carbons (Fsp3) is 0.632. The summed E-state index contributed by atoms with van der Waals surface area (Å²) in [4.78, 5) is 12.8. The molecule has 8 nitrogen and oxygen atoms in total. The van der Waals surface area contributed by atoms with Gasteiger partial charge in [0.05, 0.1) is 10.6 Å². The van der Waals surface area contributed by atoms with Crippen molar-refractivity contribution in [2.45, 2.75) is 43.9 Å². The topological polar surface area (TPSA) is 104 Å². The van der Waals surface area contributed by atoms with Gasteiger partial charge in [-0.1, -0.05) is 12.5 Å². The highest BCUT2D eigenvalue weighted by atomic mass is 32.2. The van der Waals surface area contributed by atoms with Crippen molar-refractivity contribution in [3.63, 3.8) is 0 Å². The molecule has 1 amide bonds. The van der Waals surface area contributed by atoms with Gasteiger partial charge in [0.25, 0.3) is 0 Å². The normalized spacial score (nSPS) is 20.4. The number of hydrogen-bond acceptors (Lipinski definition) is 5. The molecule has 0 radical (unpaired) electrons. The SMILES string of the molecule is CCS(=O)(=O)N1CCC(C(=O)Nc2cccc(S(=O)(=O)N3CCCCC3)c2)CC1. The highest BCUT2D eigenvalue weighted by molar-refractivity contribution is 7.89. The van der Waals surface area contributed by atoms with E-state index in [1.165, 1.54) is 14.7 Å². The van der Waals surface area contributed by atoms with Gasteiger partial charge in [-0.2, -0.15) is 4.31 Å². The van der Waals surface area contributed by atoms with Gasteiger partial charge in [-0.3, -0.25) is 4.79 Å². The number of nitrogens with one attached hydrogen (secondary N) is 1. The van der Waals surface area contributed by atoms with E-state index in [1.807, 2.05) is 0 Å². The summed E-state index contributed by atoms with van der Waals surface area (Å²) in [5.41, 5.74) is 0.441. The lowest BCUT2D eigenvalue weighted by Crippen LogP contribution is -2.42. The zero-order chi connectivity index (χ0) is 21.1. The van der Waals surface area contributed by atoms with Crippen LogP contribution in [0.25, 0.3) is 0 Å². The molecule has 2 aliphatic heterocycles. The number of benzene rings is 1. The second-order valence-electron chi connectivity index (χ2n) is 7.56. The molecule has 162 valence electrons. The quantitative estimate of drug-likeness (QED) is 0.723. The van der Waals surface area contributed by atoms with Crippen molar-refractivity contribution in [3.05, 3.63) is 24.3 Å². The number of amides is 1. The fourth-order valence-corrected chi connectivity index (χ4v) is 6.51. The Balaban J connectivity index is 1.64. The van der Waals surface area contributed by atoms with E-state index in [0.717, 1.165) is 19.3 Å². The van der Waals surface area contributed by atoms with Gasteiger partial charge >= 0.3 is 0 Å². The number of sulfonamides is 2. The van der Waals surface area contributed by atoms with Gasteiger partial charge in [0.15, 0.2) is 0 Å². The molecule has 1 aromatic carbocycles. The summed E-state index contributed by atoms with van der Waals surface area (Å²) in [7, 11) is -6.79. The van der Waals surface area contributed by atoms with Crippen molar-refractivity contribution in [3.8, 4) is 0 Å². The number of rotatable bonds is 6. The predicted molar refractivity (Wildman–Crippen MR) is 111 cm³/mol. The molecule has 0 aromatic heterocycles. The van der Waals surface area contributed by atoms with E-state index in [1.54, 1.807) is 25.1 Å². The minimum absolute atomic E-state index is 0.0577. The van der Waals surface area contributed by atoms with Crippen molar-refractivity contribution in [2.75, 3.05) is 37.2 Å². The van der Waals surface area contributed by atoms with Crippen LogP contribution in [0.5, 0.6) is 0 Å². The smallest absolute Gasteiger partial charge is 0.243 e. The van der Waals surface area contributed by atoms with E-state index in [0.29, 0.717) is 44.7 Å². The molecule has 3 rings (SSSR count). The Kier molecular flexibility index (Phi) is 6.98. The number of anilines is 1. The molecule has 2 aliphatic rings. The molecule has 2 saturated heterocycles. The van der Waals surface area contributed by atoms with E-state index >= 15 is 0 Å². The molecule has 0 saturated carbocycles. The summed E-state index contributed by atoms with van der Waals surface area (Å²) in [5.74, 6) is -0.436. The second-order valence-corrected chi connectivity index (χ2v) is 11.8. The third-order valence-electron chi connectivity index (χ3n) is 5.64. The van der Waals surface area contributed by atoms with Crippen LogP contribution in [-0.2, 0) is 24.8 Å². The van der Waals surface area contributed by atoms with Gasteiger partial charge in [0, 0.05) is 37.8 Å². The van der Waals surface area contributed by atoms with E-state index in [2.05, 4.69) is 5.32 Å². The first-order chi connectivity index (χ1) is 13.7. The lowest BCUT2D eigenvalue weighted by Gasteiger charge is -2.30. The standard InChI is InChI=1S/C19H29N3O5S2/c1-2-28(24,25)21-13-9-16(10-14-21)19(23)20-17-7-6-8-18(15-17)29(26,27)22-11-4-3-5-12-22/h6-8,15-16H,2-5,9-14H2,1H3,(H,20,23). The van der Waals surface area contributed by atoms with Crippen molar-refractivity contribution < 1.29 is 21.6 Å². The minimum atomic E-state index is -3.56. The van der Waals surface area contributed by atoms with Crippen LogP contribution in [0.3, 0.4) is 0 Å². The lowest BCUT2D eigenvalue weighted by molar-refractivity contribution is -0.120. The third kappa shape index (κ3) is 5.17. The minimum Gasteiger partial charge on any atom is -0.326 e. The largest absolute Gasteiger partial charge is 0.326 e. The summed E-state index contributed by atoms with van der Waals surface area (Å²) < 4.78 is 52.5. The molecule has 0 spiro atoms. The van der Waals surface area contributed by atoms with Crippen LogP contribution < -0.4 is 5.32 Å². The zero-order valence-electron chi connectivity index (χ0n) is 16.7. The number of carbonyl (C=O) groups is 1. The van der Waals surface area contributed by atoms with Crippen LogP contribution in [0.1, 0.15) is 39.0 Å². The highest BCUT2D eigenvalue weighted by Gasteiger charge is 2.30. The van der Waals surface area contributed by atoms with Crippen LogP contribution in [0.2, 0.25) is 0 Å². The molecule has 0 aliphatic carbocycles. The Morgan fingerprint density at radius 1 is 1.00 bits per heavy atom. The van der Waals surface area contributed by atoms with Gasteiger partial charge < -0.3 is 5.32 Å². The summed E-state index contributed by atoms with van der Waals surface area (Å²) in [5, 5.41) is 2.80. The van der Waals surface area contributed by atoms with Gasteiger partial charge in [-0.25, -0.2) is 21.1 Å². The lowest BCUT2D eigenvalue weighted by atomic mass is 9.97. The fourth-order valence-electron chi connectivity index (χ4n) is 3.81. The van der Waals surface area contributed by atoms with Crippen molar-refractivity contribution >= 4 is 31.6 Å². The maximum absolute atomic E-state index is 12.8. The number of nitrogens with zero attached hydrogens (tertiary/aromatic N) is 2. The maximum atomic E-state index is 12.8.